The van der Waals surface area contributed by atoms with E-state index in [1.807, 2.05) is 54.7 Å². The van der Waals surface area contributed by atoms with Gasteiger partial charge in [0, 0.05) is 30.1 Å². The van der Waals surface area contributed by atoms with Gasteiger partial charge in [0.25, 0.3) is 0 Å². The molecule has 1 aromatic heterocycles. The quantitative estimate of drug-likeness (QED) is 0.587. The number of hydrogen-bond acceptors (Lipinski definition) is 2. The molecule has 1 unspecified atom stereocenters. The molecule has 0 saturated heterocycles. The Morgan fingerprint density at radius 3 is 2.64 bits per heavy atom. The maximum absolute atomic E-state index is 12.4. The van der Waals surface area contributed by atoms with Gasteiger partial charge in [-0.25, -0.2) is 0 Å². The Kier molecular flexibility index (Phi) is 5.86. The summed E-state index contributed by atoms with van der Waals surface area (Å²) < 4.78 is 0. The van der Waals surface area contributed by atoms with Crippen molar-refractivity contribution in [1.29, 1.82) is 0 Å². The van der Waals surface area contributed by atoms with Gasteiger partial charge in [0.05, 0.1) is 6.04 Å². The van der Waals surface area contributed by atoms with E-state index in [4.69, 9.17) is 5.11 Å². The zero-order chi connectivity index (χ0) is 17.5. The Bertz CT molecular complexity index is 811. The topological polar surface area (TPSA) is 65.1 Å². The third-order valence-electron chi connectivity index (χ3n) is 4.48. The molecule has 25 heavy (non-hydrogen) atoms. The van der Waals surface area contributed by atoms with Crippen LogP contribution in [0.2, 0.25) is 0 Å². The predicted molar refractivity (Wildman–Crippen MR) is 100 cm³/mol. The molecule has 0 saturated carbocycles. The van der Waals surface area contributed by atoms with Gasteiger partial charge in [0.15, 0.2) is 0 Å². The summed E-state index contributed by atoms with van der Waals surface area (Å²) >= 11 is 0. The van der Waals surface area contributed by atoms with Crippen molar-refractivity contribution in [3.05, 3.63) is 71.9 Å². The standard InChI is InChI=1S/C21H24N2O2/c24-14-6-11-19(16-7-2-1-3-8-16)23-21(25)13-12-17-15-22-20-10-5-4-9-18(17)20/h1-5,7-10,15,19,22,24H,6,11-14H2,(H,23,25). The van der Waals surface area contributed by atoms with Crippen LogP contribution in [0.5, 0.6) is 0 Å². The summed E-state index contributed by atoms with van der Waals surface area (Å²) in [5.74, 6) is 0.0390. The molecule has 3 N–H and O–H groups in total. The Morgan fingerprint density at radius 1 is 1.08 bits per heavy atom. The zero-order valence-corrected chi connectivity index (χ0v) is 14.2. The van der Waals surface area contributed by atoms with Gasteiger partial charge < -0.3 is 15.4 Å². The summed E-state index contributed by atoms with van der Waals surface area (Å²) in [5, 5.41) is 13.4. The molecule has 0 bridgehead atoms. The second kappa shape index (κ2) is 8.49. The fraction of sp³-hybridized carbons (Fsp3) is 0.286. The SMILES string of the molecule is O=C(CCc1c[nH]c2ccccc12)NC(CCCO)c1ccccc1. The van der Waals surface area contributed by atoms with Gasteiger partial charge in [-0.1, -0.05) is 48.5 Å². The number of amides is 1. The first kappa shape index (κ1) is 17.2. The largest absolute Gasteiger partial charge is 0.396 e. The predicted octanol–water partition coefficient (Wildman–Crippen LogP) is 3.73. The summed E-state index contributed by atoms with van der Waals surface area (Å²) in [6, 6.07) is 18.0. The number of fused-ring (bicyclic) bond motifs is 1. The van der Waals surface area contributed by atoms with Gasteiger partial charge in [-0.15, -0.1) is 0 Å². The van der Waals surface area contributed by atoms with Crippen LogP contribution in [0.25, 0.3) is 10.9 Å². The molecular weight excluding hydrogens is 312 g/mol. The van der Waals surface area contributed by atoms with E-state index in [1.54, 1.807) is 0 Å². The van der Waals surface area contributed by atoms with Crippen molar-refractivity contribution in [2.75, 3.05) is 6.61 Å². The van der Waals surface area contributed by atoms with Crippen molar-refractivity contribution in [2.45, 2.75) is 31.7 Å². The van der Waals surface area contributed by atoms with Gasteiger partial charge in [-0.05, 0) is 36.5 Å². The summed E-state index contributed by atoms with van der Waals surface area (Å²) in [7, 11) is 0. The number of aryl methyl sites for hydroxylation is 1. The van der Waals surface area contributed by atoms with Gasteiger partial charge in [-0.2, -0.15) is 0 Å². The minimum atomic E-state index is -0.0520. The summed E-state index contributed by atoms with van der Waals surface area (Å²) in [4.78, 5) is 15.7. The van der Waals surface area contributed by atoms with Crippen LogP contribution in [-0.4, -0.2) is 22.6 Å². The fourth-order valence-electron chi connectivity index (χ4n) is 3.16. The average molecular weight is 336 g/mol. The Balaban J connectivity index is 1.61. The van der Waals surface area contributed by atoms with Crippen molar-refractivity contribution in [1.82, 2.24) is 10.3 Å². The highest BCUT2D eigenvalue weighted by Gasteiger charge is 2.14. The summed E-state index contributed by atoms with van der Waals surface area (Å²) in [5.41, 5.74) is 3.34. The number of carbonyl (C=O) groups excluding carboxylic acids is 1. The van der Waals surface area contributed by atoms with E-state index in [-0.39, 0.29) is 18.6 Å². The van der Waals surface area contributed by atoms with Crippen molar-refractivity contribution < 1.29 is 9.90 Å². The number of aromatic nitrogens is 1. The molecule has 4 nitrogen and oxygen atoms in total. The first-order valence-electron chi connectivity index (χ1n) is 8.78. The average Bonchev–Trinajstić information content (AvgIpc) is 3.07. The molecule has 0 fully saturated rings. The highest BCUT2D eigenvalue weighted by atomic mass is 16.3. The molecule has 0 radical (unpaired) electrons. The number of aliphatic hydroxyl groups is 1. The van der Waals surface area contributed by atoms with Crippen LogP contribution in [0.1, 0.15) is 36.4 Å². The first-order valence-corrected chi connectivity index (χ1v) is 8.78. The van der Waals surface area contributed by atoms with Crippen LogP contribution < -0.4 is 5.32 Å². The molecule has 1 heterocycles. The van der Waals surface area contributed by atoms with Crippen molar-refractivity contribution in [3.63, 3.8) is 0 Å². The van der Waals surface area contributed by atoms with Crippen LogP contribution in [0, 0.1) is 0 Å². The number of rotatable bonds is 8. The van der Waals surface area contributed by atoms with E-state index in [0.29, 0.717) is 19.3 Å². The lowest BCUT2D eigenvalue weighted by Crippen LogP contribution is -2.28. The number of H-pyrrole nitrogens is 1. The van der Waals surface area contributed by atoms with Gasteiger partial charge >= 0.3 is 0 Å². The molecule has 3 aromatic rings. The zero-order valence-electron chi connectivity index (χ0n) is 14.2. The monoisotopic (exact) mass is 336 g/mol. The molecule has 1 amide bonds. The smallest absolute Gasteiger partial charge is 0.220 e. The van der Waals surface area contributed by atoms with Crippen LogP contribution in [-0.2, 0) is 11.2 Å². The Morgan fingerprint density at radius 2 is 1.84 bits per heavy atom. The maximum Gasteiger partial charge on any atom is 0.220 e. The van der Waals surface area contributed by atoms with E-state index in [1.165, 1.54) is 5.39 Å². The molecule has 0 spiro atoms. The Labute approximate surface area is 147 Å². The maximum atomic E-state index is 12.4. The van der Waals surface area contributed by atoms with E-state index in [2.05, 4.69) is 16.4 Å². The molecule has 0 aliphatic carbocycles. The first-order chi connectivity index (χ1) is 12.3. The molecule has 0 aliphatic heterocycles. The third kappa shape index (κ3) is 4.48. The van der Waals surface area contributed by atoms with Gasteiger partial charge in [0.1, 0.15) is 0 Å². The summed E-state index contributed by atoms with van der Waals surface area (Å²) in [6.07, 6.45) is 4.54. The van der Waals surface area contributed by atoms with E-state index in [0.717, 1.165) is 23.1 Å². The fourth-order valence-corrected chi connectivity index (χ4v) is 3.16. The van der Waals surface area contributed by atoms with Gasteiger partial charge in [0.2, 0.25) is 5.91 Å². The molecule has 1 atom stereocenters. The molecule has 130 valence electrons. The normalized spacial score (nSPS) is 12.2. The number of hydrogen-bond donors (Lipinski definition) is 3. The lowest BCUT2D eigenvalue weighted by atomic mass is 10.0. The lowest BCUT2D eigenvalue weighted by molar-refractivity contribution is -0.121. The van der Waals surface area contributed by atoms with E-state index < -0.39 is 0 Å². The molecule has 4 heteroatoms. The molecular formula is C21H24N2O2. The number of aliphatic hydroxyl groups excluding tert-OH is 1. The Hall–Kier alpha value is -2.59. The molecule has 0 aliphatic rings. The van der Waals surface area contributed by atoms with Crippen molar-refractivity contribution in [3.8, 4) is 0 Å². The van der Waals surface area contributed by atoms with Gasteiger partial charge in [-0.3, -0.25) is 4.79 Å². The number of nitrogens with one attached hydrogen (secondary N) is 2. The molecule has 2 aromatic carbocycles. The highest BCUT2D eigenvalue weighted by Crippen LogP contribution is 2.21. The second-order valence-electron chi connectivity index (χ2n) is 6.26. The summed E-state index contributed by atoms with van der Waals surface area (Å²) in [6.45, 7) is 0.133. The third-order valence-corrected chi connectivity index (χ3v) is 4.48. The lowest BCUT2D eigenvalue weighted by Gasteiger charge is -2.19. The van der Waals surface area contributed by atoms with Crippen LogP contribution in [0.15, 0.2) is 60.8 Å². The van der Waals surface area contributed by atoms with E-state index >= 15 is 0 Å². The number of para-hydroxylation sites is 1. The van der Waals surface area contributed by atoms with Crippen LogP contribution in [0.3, 0.4) is 0 Å². The highest BCUT2D eigenvalue weighted by molar-refractivity contribution is 5.84. The van der Waals surface area contributed by atoms with Crippen molar-refractivity contribution in [2.24, 2.45) is 0 Å². The minimum absolute atomic E-state index is 0.0390. The second-order valence-corrected chi connectivity index (χ2v) is 6.26. The number of carbonyl (C=O) groups is 1. The number of aromatic amines is 1. The van der Waals surface area contributed by atoms with E-state index in [9.17, 15) is 4.79 Å². The van der Waals surface area contributed by atoms with Crippen molar-refractivity contribution >= 4 is 16.8 Å². The van der Waals surface area contributed by atoms with Crippen LogP contribution >= 0.6 is 0 Å². The minimum Gasteiger partial charge on any atom is -0.396 e. The van der Waals surface area contributed by atoms with Crippen LogP contribution in [0.4, 0.5) is 0 Å². The number of benzene rings is 2. The molecule has 3 rings (SSSR count).